The van der Waals surface area contributed by atoms with Crippen molar-refractivity contribution in [3.63, 3.8) is 0 Å². The lowest BCUT2D eigenvalue weighted by Crippen LogP contribution is -2.46. The maximum Gasteiger partial charge on any atom is 0.256 e. The molecule has 4 N–H and O–H groups in total. The summed E-state index contributed by atoms with van der Waals surface area (Å²) in [5, 5.41) is 17.3. The summed E-state index contributed by atoms with van der Waals surface area (Å²) in [5.41, 5.74) is 3.90. The van der Waals surface area contributed by atoms with Gasteiger partial charge in [0.1, 0.15) is 0 Å². The molecule has 12 heteroatoms. The van der Waals surface area contributed by atoms with E-state index in [4.69, 9.17) is 23.2 Å². The first-order valence-corrected chi connectivity index (χ1v) is 16.6. The van der Waals surface area contributed by atoms with Gasteiger partial charge < -0.3 is 25.6 Å². The molecule has 1 aliphatic carbocycles. The molecule has 3 aliphatic rings. The molecule has 1 saturated heterocycles. The third-order valence-corrected chi connectivity index (χ3v) is 10.8. The Bertz CT molecular complexity index is 1760. The number of nitrogens with one attached hydrogen (secondary N) is 3. The number of benzene rings is 2. The number of aliphatic hydroxyl groups excluding tert-OH is 1. The van der Waals surface area contributed by atoms with Crippen LogP contribution in [-0.4, -0.2) is 66.5 Å². The van der Waals surface area contributed by atoms with Crippen LogP contribution in [0.1, 0.15) is 57.7 Å². The van der Waals surface area contributed by atoms with Crippen LogP contribution in [0, 0.1) is 13.8 Å². The van der Waals surface area contributed by atoms with Crippen molar-refractivity contribution in [2.75, 3.05) is 18.4 Å². The first-order valence-electron chi connectivity index (χ1n) is 14.2. The summed E-state index contributed by atoms with van der Waals surface area (Å²) in [6.45, 7) is 4.63. The number of aromatic amines is 1. The van der Waals surface area contributed by atoms with Crippen LogP contribution in [0.5, 0.6) is 0 Å². The molecular formula is C31H32Cl2N4O5S. The highest BCUT2D eigenvalue weighted by molar-refractivity contribution is 7.90. The second kappa shape index (κ2) is 11.4. The van der Waals surface area contributed by atoms with Crippen LogP contribution in [0.3, 0.4) is 0 Å². The number of hydrogen-bond acceptors (Lipinski definition) is 6. The highest BCUT2D eigenvalue weighted by atomic mass is 35.5. The molecule has 3 aromatic rings. The second-order valence-corrected chi connectivity index (χ2v) is 14.3. The number of hydrogen-bond donors (Lipinski definition) is 4. The number of rotatable bonds is 8. The van der Waals surface area contributed by atoms with Gasteiger partial charge in [0.05, 0.1) is 33.9 Å². The molecule has 0 spiro atoms. The predicted octanol–water partition coefficient (Wildman–Crippen LogP) is 4.73. The van der Waals surface area contributed by atoms with Gasteiger partial charge in [0.25, 0.3) is 11.8 Å². The van der Waals surface area contributed by atoms with E-state index in [1.54, 1.807) is 42.2 Å². The highest BCUT2D eigenvalue weighted by Crippen LogP contribution is 2.37. The number of aryl methyl sites for hydroxylation is 1. The summed E-state index contributed by atoms with van der Waals surface area (Å²) < 4.78 is 26.8. The highest BCUT2D eigenvalue weighted by Gasteiger charge is 2.39. The standard InChI is InChI=1S/C31H32Cl2N4O5S/c1-16-26(35-17(2)29(16)31(40)37-11-10-28(38)27(37)14-34-18-6-7-18)13-21-20-12-19(8-9-25(20)36-30(21)39)43(41,42)15-22-23(32)4-3-5-24(22)33/h3-5,8-9,12-13,18,27-28,34-35,38H,6-7,10-11,14-15H2,1-2H3,(H,36,39)/b21-13-/t27-,28+/m1/s1. The molecule has 2 fully saturated rings. The van der Waals surface area contributed by atoms with E-state index in [1.165, 1.54) is 12.1 Å². The van der Waals surface area contributed by atoms with Gasteiger partial charge in [0.15, 0.2) is 9.84 Å². The van der Waals surface area contributed by atoms with Crippen LogP contribution in [0.15, 0.2) is 41.3 Å². The largest absolute Gasteiger partial charge is 0.391 e. The Balaban J connectivity index is 1.30. The van der Waals surface area contributed by atoms with E-state index in [1.807, 2.05) is 6.92 Å². The lowest BCUT2D eigenvalue weighted by molar-refractivity contribution is -0.110. The summed E-state index contributed by atoms with van der Waals surface area (Å²) in [7, 11) is -3.86. The van der Waals surface area contributed by atoms with Crippen LogP contribution in [-0.2, 0) is 20.4 Å². The molecule has 2 amide bonds. The Morgan fingerprint density at radius 3 is 2.56 bits per heavy atom. The molecule has 3 heterocycles. The Hall–Kier alpha value is -3.15. The second-order valence-electron chi connectivity index (χ2n) is 11.4. The molecule has 0 unspecified atom stereocenters. The number of sulfone groups is 1. The van der Waals surface area contributed by atoms with Crippen molar-refractivity contribution >= 4 is 62.2 Å². The zero-order valence-electron chi connectivity index (χ0n) is 23.7. The lowest BCUT2D eigenvalue weighted by atomic mass is 10.0. The Kier molecular flexibility index (Phi) is 7.93. The van der Waals surface area contributed by atoms with Gasteiger partial charge in [-0.1, -0.05) is 29.3 Å². The molecule has 226 valence electrons. The number of halogens is 2. The molecule has 1 saturated carbocycles. The molecular weight excluding hydrogens is 611 g/mol. The van der Waals surface area contributed by atoms with Gasteiger partial charge in [0.2, 0.25) is 0 Å². The number of anilines is 1. The van der Waals surface area contributed by atoms with Gasteiger partial charge in [-0.3, -0.25) is 9.59 Å². The number of fused-ring (bicyclic) bond motifs is 1. The molecule has 2 aromatic carbocycles. The number of aromatic nitrogens is 1. The number of aliphatic hydroxyl groups is 1. The van der Waals surface area contributed by atoms with Crippen molar-refractivity contribution in [2.45, 2.75) is 61.9 Å². The summed E-state index contributed by atoms with van der Waals surface area (Å²) in [6.07, 6.45) is 3.81. The number of amides is 2. The number of nitrogens with zero attached hydrogens (tertiary/aromatic N) is 1. The quantitative estimate of drug-likeness (QED) is 0.263. The predicted molar refractivity (Wildman–Crippen MR) is 167 cm³/mol. The Labute approximate surface area is 260 Å². The van der Waals surface area contributed by atoms with Gasteiger partial charge in [-0.2, -0.15) is 0 Å². The molecule has 0 radical (unpaired) electrons. The van der Waals surface area contributed by atoms with Crippen molar-refractivity contribution in [1.29, 1.82) is 0 Å². The molecule has 43 heavy (non-hydrogen) atoms. The van der Waals surface area contributed by atoms with Gasteiger partial charge in [0, 0.05) is 57.4 Å². The fourth-order valence-electron chi connectivity index (χ4n) is 5.89. The third kappa shape index (κ3) is 5.74. The summed E-state index contributed by atoms with van der Waals surface area (Å²) in [5.74, 6) is -0.946. The van der Waals surface area contributed by atoms with Gasteiger partial charge >= 0.3 is 0 Å². The van der Waals surface area contributed by atoms with Crippen molar-refractivity contribution < 1.29 is 23.1 Å². The zero-order chi connectivity index (χ0) is 30.6. The van der Waals surface area contributed by atoms with E-state index in [9.17, 15) is 23.1 Å². The average Bonchev–Trinajstić information content (AvgIpc) is 3.55. The molecule has 9 nitrogen and oxygen atoms in total. The van der Waals surface area contributed by atoms with E-state index in [2.05, 4.69) is 15.6 Å². The zero-order valence-corrected chi connectivity index (χ0v) is 26.0. The Morgan fingerprint density at radius 2 is 1.86 bits per heavy atom. The van der Waals surface area contributed by atoms with Crippen LogP contribution in [0.25, 0.3) is 11.6 Å². The first kappa shape index (κ1) is 29.9. The van der Waals surface area contributed by atoms with Gasteiger partial charge in [-0.15, -0.1) is 0 Å². The number of carbonyl (C=O) groups is 2. The molecule has 6 rings (SSSR count). The summed E-state index contributed by atoms with van der Waals surface area (Å²) in [6, 6.07) is 9.45. The number of likely N-dealkylation sites (tertiary alicyclic amines) is 1. The maximum absolute atomic E-state index is 13.8. The SMILES string of the molecule is Cc1[nH]c(/C=C2\C(=O)Nc3ccc(S(=O)(=O)Cc4c(Cl)cccc4Cl)cc32)c(C)c1C(=O)N1CC[C@H](O)[C@H]1CNC1CC1. The molecule has 2 atom stereocenters. The number of H-pyrrole nitrogens is 1. The van der Waals surface area contributed by atoms with Gasteiger partial charge in [-0.25, -0.2) is 8.42 Å². The molecule has 1 aromatic heterocycles. The first-order chi connectivity index (χ1) is 20.4. The molecule has 2 aliphatic heterocycles. The lowest BCUT2D eigenvalue weighted by Gasteiger charge is -2.27. The van der Waals surface area contributed by atoms with Crippen LogP contribution in [0.4, 0.5) is 5.69 Å². The minimum atomic E-state index is -3.86. The van der Waals surface area contributed by atoms with Crippen LogP contribution < -0.4 is 10.6 Å². The van der Waals surface area contributed by atoms with Crippen molar-refractivity contribution in [3.8, 4) is 0 Å². The third-order valence-electron chi connectivity index (χ3n) is 8.47. The smallest absolute Gasteiger partial charge is 0.256 e. The fraction of sp³-hybridized carbons (Fsp3) is 0.355. The van der Waals surface area contributed by atoms with E-state index in [0.717, 1.165) is 12.8 Å². The molecule has 0 bridgehead atoms. The average molecular weight is 644 g/mol. The topological polar surface area (TPSA) is 132 Å². The monoisotopic (exact) mass is 642 g/mol. The van der Waals surface area contributed by atoms with Gasteiger partial charge in [-0.05, 0) is 75.1 Å². The Morgan fingerprint density at radius 1 is 1.14 bits per heavy atom. The van der Waals surface area contributed by atoms with E-state index in [0.29, 0.717) is 64.9 Å². The van der Waals surface area contributed by atoms with Crippen LogP contribution in [0.2, 0.25) is 10.0 Å². The minimum absolute atomic E-state index is 0.0262. The minimum Gasteiger partial charge on any atom is -0.391 e. The van der Waals surface area contributed by atoms with Crippen molar-refractivity contribution in [3.05, 3.63) is 80.1 Å². The summed E-state index contributed by atoms with van der Waals surface area (Å²) in [4.78, 5) is 31.8. The summed E-state index contributed by atoms with van der Waals surface area (Å²) >= 11 is 12.5. The number of carbonyl (C=O) groups excluding carboxylic acids is 2. The normalized spacial score (nSPS) is 21.0. The van der Waals surface area contributed by atoms with E-state index >= 15 is 0 Å². The van der Waals surface area contributed by atoms with E-state index < -0.39 is 21.7 Å². The van der Waals surface area contributed by atoms with Crippen LogP contribution >= 0.6 is 23.2 Å². The van der Waals surface area contributed by atoms with E-state index in [-0.39, 0.29) is 38.4 Å². The van der Waals surface area contributed by atoms with Crippen molar-refractivity contribution in [2.24, 2.45) is 0 Å². The van der Waals surface area contributed by atoms with Crippen molar-refractivity contribution in [1.82, 2.24) is 15.2 Å². The maximum atomic E-state index is 13.8. The fourth-order valence-corrected chi connectivity index (χ4v) is 8.01.